The zero-order valence-electron chi connectivity index (χ0n) is 15.9. The summed E-state index contributed by atoms with van der Waals surface area (Å²) in [6.07, 6.45) is -0.747. The predicted octanol–water partition coefficient (Wildman–Crippen LogP) is 3.25. The zero-order chi connectivity index (χ0) is 20.0. The molecule has 0 saturated carbocycles. The van der Waals surface area contributed by atoms with E-state index in [4.69, 9.17) is 9.47 Å². The Morgan fingerprint density at radius 1 is 1.07 bits per heavy atom. The van der Waals surface area contributed by atoms with Crippen LogP contribution in [0.2, 0.25) is 0 Å². The highest BCUT2D eigenvalue weighted by molar-refractivity contribution is 5.84. The Balaban J connectivity index is 2.06. The molecule has 0 fully saturated rings. The molecule has 27 heavy (non-hydrogen) atoms. The van der Waals surface area contributed by atoms with E-state index in [2.05, 4.69) is 5.32 Å². The Labute approximate surface area is 157 Å². The number of amides is 1. The summed E-state index contributed by atoms with van der Waals surface area (Å²) in [7, 11) is 0. The first-order valence-corrected chi connectivity index (χ1v) is 8.56. The molecular weight excluding hydrogens is 348 g/mol. The van der Waals surface area contributed by atoms with Crippen LogP contribution in [-0.4, -0.2) is 22.2 Å². The third-order valence-corrected chi connectivity index (χ3v) is 3.55. The van der Waals surface area contributed by atoms with Gasteiger partial charge in [-0.15, -0.1) is 0 Å². The molecule has 0 spiro atoms. The van der Waals surface area contributed by atoms with Crippen molar-refractivity contribution in [2.24, 2.45) is 0 Å². The van der Waals surface area contributed by atoms with Crippen molar-refractivity contribution in [3.8, 4) is 0 Å². The number of hydrogen-bond donors (Lipinski definition) is 1. The molecule has 1 heterocycles. The molecular formula is C20H24N2O5. The molecule has 0 aliphatic carbocycles. The van der Waals surface area contributed by atoms with Gasteiger partial charge in [0.15, 0.2) is 0 Å². The first-order chi connectivity index (χ1) is 12.7. The maximum absolute atomic E-state index is 12.6. The van der Waals surface area contributed by atoms with Crippen LogP contribution in [0.4, 0.5) is 10.5 Å². The maximum Gasteiger partial charge on any atom is 0.412 e. The highest BCUT2D eigenvalue weighted by Gasteiger charge is 2.19. The summed E-state index contributed by atoms with van der Waals surface area (Å²) in [5, 5.41) is 2.42. The minimum atomic E-state index is -0.747. The lowest BCUT2D eigenvalue weighted by Crippen LogP contribution is -2.33. The van der Waals surface area contributed by atoms with Gasteiger partial charge in [0, 0.05) is 5.69 Å². The third kappa shape index (κ3) is 6.29. The minimum Gasteiger partial charge on any atom is -0.459 e. The topological polar surface area (TPSA) is 86.6 Å². The van der Waals surface area contributed by atoms with Crippen molar-refractivity contribution in [3.63, 3.8) is 0 Å². The quantitative estimate of drug-likeness (QED) is 0.814. The van der Waals surface area contributed by atoms with Crippen molar-refractivity contribution in [3.05, 3.63) is 64.1 Å². The number of ether oxygens (including phenoxy) is 2. The SMILES string of the molecule is Cc1ccc(NC(=O)OCc2ccccc2)c(=O)n1CC(=O)OC(C)(C)C. The smallest absolute Gasteiger partial charge is 0.412 e. The highest BCUT2D eigenvalue weighted by Crippen LogP contribution is 2.10. The van der Waals surface area contributed by atoms with Gasteiger partial charge in [0.25, 0.3) is 5.56 Å². The lowest BCUT2D eigenvalue weighted by Gasteiger charge is -2.20. The Morgan fingerprint density at radius 2 is 1.74 bits per heavy atom. The van der Waals surface area contributed by atoms with Crippen LogP contribution in [0.25, 0.3) is 0 Å². The van der Waals surface area contributed by atoms with Crippen molar-refractivity contribution in [2.75, 3.05) is 5.32 Å². The fourth-order valence-electron chi connectivity index (χ4n) is 2.33. The molecule has 144 valence electrons. The fourth-order valence-corrected chi connectivity index (χ4v) is 2.33. The molecule has 1 N–H and O–H groups in total. The largest absolute Gasteiger partial charge is 0.459 e. The van der Waals surface area contributed by atoms with Crippen LogP contribution in [0.15, 0.2) is 47.3 Å². The van der Waals surface area contributed by atoms with E-state index < -0.39 is 23.2 Å². The average molecular weight is 372 g/mol. The monoisotopic (exact) mass is 372 g/mol. The molecule has 0 radical (unpaired) electrons. The second-order valence-electron chi connectivity index (χ2n) is 7.05. The number of rotatable bonds is 5. The molecule has 1 aromatic heterocycles. The average Bonchev–Trinajstić information content (AvgIpc) is 2.59. The van der Waals surface area contributed by atoms with Gasteiger partial charge in [0.2, 0.25) is 0 Å². The van der Waals surface area contributed by atoms with Gasteiger partial charge in [-0.25, -0.2) is 4.79 Å². The predicted molar refractivity (Wildman–Crippen MR) is 102 cm³/mol. The summed E-state index contributed by atoms with van der Waals surface area (Å²) in [6, 6.07) is 12.3. The van der Waals surface area contributed by atoms with Crippen molar-refractivity contribution in [2.45, 2.75) is 46.4 Å². The van der Waals surface area contributed by atoms with Crippen LogP contribution in [0.3, 0.4) is 0 Å². The van der Waals surface area contributed by atoms with Gasteiger partial charge in [-0.05, 0) is 45.4 Å². The fraction of sp³-hybridized carbons (Fsp3) is 0.350. The van der Waals surface area contributed by atoms with Crippen molar-refractivity contribution >= 4 is 17.7 Å². The van der Waals surface area contributed by atoms with Crippen LogP contribution < -0.4 is 10.9 Å². The zero-order valence-corrected chi connectivity index (χ0v) is 15.9. The van der Waals surface area contributed by atoms with Crippen LogP contribution in [-0.2, 0) is 27.4 Å². The molecule has 0 unspecified atom stereocenters. The summed E-state index contributed by atoms with van der Waals surface area (Å²) in [5.74, 6) is -0.531. The Kier molecular flexibility index (Phi) is 6.39. The second-order valence-corrected chi connectivity index (χ2v) is 7.05. The van der Waals surface area contributed by atoms with Crippen molar-refractivity contribution in [1.82, 2.24) is 4.57 Å². The number of aryl methyl sites for hydroxylation is 1. The second kappa shape index (κ2) is 8.53. The van der Waals surface area contributed by atoms with Gasteiger partial charge < -0.3 is 9.47 Å². The lowest BCUT2D eigenvalue weighted by atomic mass is 10.2. The number of pyridine rings is 1. The van der Waals surface area contributed by atoms with Crippen molar-refractivity contribution < 1.29 is 19.1 Å². The van der Waals surface area contributed by atoms with Gasteiger partial charge in [-0.1, -0.05) is 30.3 Å². The Bertz CT molecular complexity index is 866. The molecule has 0 atom stereocenters. The highest BCUT2D eigenvalue weighted by atomic mass is 16.6. The summed E-state index contributed by atoms with van der Waals surface area (Å²) < 4.78 is 11.6. The number of carbonyl (C=O) groups excluding carboxylic acids is 2. The van der Waals surface area contributed by atoms with E-state index >= 15 is 0 Å². The number of nitrogens with zero attached hydrogens (tertiary/aromatic N) is 1. The molecule has 1 amide bonds. The number of aromatic nitrogens is 1. The summed E-state index contributed by atoms with van der Waals surface area (Å²) in [6.45, 7) is 6.80. The Morgan fingerprint density at radius 3 is 2.37 bits per heavy atom. The summed E-state index contributed by atoms with van der Waals surface area (Å²) >= 11 is 0. The van der Waals surface area contributed by atoms with E-state index in [0.29, 0.717) is 5.69 Å². The minimum absolute atomic E-state index is 0.0298. The molecule has 0 bridgehead atoms. The molecule has 0 aliphatic rings. The van der Waals surface area contributed by atoms with Crippen LogP contribution in [0.1, 0.15) is 32.0 Å². The van der Waals surface area contributed by atoms with Crippen LogP contribution in [0, 0.1) is 6.92 Å². The number of nitrogens with one attached hydrogen (secondary N) is 1. The van der Waals surface area contributed by atoms with Gasteiger partial charge in [0.05, 0.1) is 0 Å². The van der Waals surface area contributed by atoms with E-state index in [1.807, 2.05) is 30.3 Å². The van der Waals surface area contributed by atoms with Crippen LogP contribution in [0.5, 0.6) is 0 Å². The molecule has 2 rings (SSSR count). The normalized spacial score (nSPS) is 11.0. The van der Waals surface area contributed by atoms with Gasteiger partial charge in [0.1, 0.15) is 24.4 Å². The molecule has 0 aliphatic heterocycles. The van der Waals surface area contributed by atoms with Gasteiger partial charge >= 0.3 is 12.1 Å². The maximum atomic E-state index is 12.6. The van der Waals surface area contributed by atoms with Crippen LogP contribution >= 0.6 is 0 Å². The first-order valence-electron chi connectivity index (χ1n) is 8.56. The van der Waals surface area contributed by atoms with Gasteiger partial charge in [-0.2, -0.15) is 0 Å². The van der Waals surface area contributed by atoms with E-state index in [0.717, 1.165) is 5.56 Å². The lowest BCUT2D eigenvalue weighted by molar-refractivity contribution is -0.155. The number of benzene rings is 1. The van der Waals surface area contributed by atoms with E-state index in [-0.39, 0.29) is 18.8 Å². The molecule has 1 aromatic carbocycles. The summed E-state index contributed by atoms with van der Waals surface area (Å²) in [4.78, 5) is 36.6. The number of anilines is 1. The third-order valence-electron chi connectivity index (χ3n) is 3.55. The molecule has 2 aromatic rings. The van der Waals surface area contributed by atoms with E-state index in [1.165, 1.54) is 10.6 Å². The Hall–Kier alpha value is -3.09. The number of carbonyl (C=O) groups is 2. The summed E-state index contributed by atoms with van der Waals surface area (Å²) in [5.41, 5.74) is 0.291. The number of esters is 1. The van der Waals surface area contributed by atoms with Gasteiger partial charge in [-0.3, -0.25) is 19.5 Å². The van der Waals surface area contributed by atoms with E-state index in [1.54, 1.807) is 33.8 Å². The number of hydrogen-bond acceptors (Lipinski definition) is 5. The van der Waals surface area contributed by atoms with Crippen molar-refractivity contribution in [1.29, 1.82) is 0 Å². The standard InChI is InChI=1S/C20H24N2O5/c1-14-10-11-16(18(24)22(14)12-17(23)27-20(2,3)4)21-19(25)26-13-15-8-6-5-7-9-15/h5-11H,12-13H2,1-4H3,(H,21,25). The van der Waals surface area contributed by atoms with E-state index in [9.17, 15) is 14.4 Å². The molecule has 7 nitrogen and oxygen atoms in total. The first kappa shape index (κ1) is 20.2. The molecule has 0 saturated heterocycles. The molecule has 7 heteroatoms.